The van der Waals surface area contributed by atoms with Crippen LogP contribution in [0.15, 0.2) is 24.3 Å². The van der Waals surface area contributed by atoms with Gasteiger partial charge < -0.3 is 4.90 Å². The maximum atomic E-state index is 12.8. The van der Waals surface area contributed by atoms with E-state index >= 15 is 0 Å². The Hall–Kier alpha value is -1.71. The van der Waals surface area contributed by atoms with Gasteiger partial charge in [-0.25, -0.2) is 4.39 Å². The van der Waals surface area contributed by atoms with E-state index in [9.17, 15) is 14.0 Å². The first-order valence-electron chi connectivity index (χ1n) is 5.98. The Balaban J connectivity index is 2.12. The van der Waals surface area contributed by atoms with Gasteiger partial charge in [0.15, 0.2) is 5.78 Å². The molecule has 2 rings (SSSR count). The van der Waals surface area contributed by atoms with E-state index in [1.54, 1.807) is 0 Å². The van der Waals surface area contributed by atoms with Crippen LogP contribution in [0, 0.1) is 11.2 Å². The van der Waals surface area contributed by atoms with Crippen LogP contribution in [0.5, 0.6) is 0 Å². The average molecular weight is 249 g/mol. The van der Waals surface area contributed by atoms with Crippen LogP contribution in [0.3, 0.4) is 0 Å². The predicted molar refractivity (Wildman–Crippen MR) is 65.7 cm³/mol. The Morgan fingerprint density at radius 3 is 2.44 bits per heavy atom. The number of carbonyl (C=O) groups excluding carboxylic acids is 2. The Kier molecular flexibility index (Phi) is 3.20. The first-order chi connectivity index (χ1) is 8.40. The normalized spacial score (nSPS) is 18.8. The predicted octanol–water partition coefficient (Wildman–Crippen LogP) is 2.27. The SMILES string of the molecule is CC1(C)CCN(C(=O)c2ccc(F)cc2)CC1=O. The highest BCUT2D eigenvalue weighted by Crippen LogP contribution is 2.27. The van der Waals surface area contributed by atoms with Crippen molar-refractivity contribution in [3.8, 4) is 0 Å². The van der Waals surface area contributed by atoms with E-state index in [0.29, 0.717) is 18.5 Å². The lowest BCUT2D eigenvalue weighted by atomic mass is 9.81. The number of nitrogens with zero attached hydrogens (tertiary/aromatic N) is 1. The fraction of sp³-hybridized carbons (Fsp3) is 0.429. The zero-order valence-electron chi connectivity index (χ0n) is 10.6. The van der Waals surface area contributed by atoms with Crippen LogP contribution in [-0.4, -0.2) is 29.7 Å². The molecule has 0 aromatic heterocycles. The highest BCUT2D eigenvalue weighted by Gasteiger charge is 2.35. The Morgan fingerprint density at radius 1 is 1.28 bits per heavy atom. The maximum absolute atomic E-state index is 12.8. The standard InChI is InChI=1S/C14H16FNO2/c1-14(2)7-8-16(9-12(14)17)13(18)10-3-5-11(15)6-4-10/h3-6H,7-9H2,1-2H3. The number of rotatable bonds is 1. The van der Waals surface area contributed by atoms with Gasteiger partial charge >= 0.3 is 0 Å². The number of ketones is 1. The summed E-state index contributed by atoms with van der Waals surface area (Å²) in [5, 5.41) is 0. The summed E-state index contributed by atoms with van der Waals surface area (Å²) in [5.41, 5.74) is 0.0726. The molecule has 96 valence electrons. The minimum absolute atomic E-state index is 0.0733. The molecule has 0 atom stereocenters. The monoisotopic (exact) mass is 249 g/mol. The first-order valence-corrected chi connectivity index (χ1v) is 5.98. The summed E-state index contributed by atoms with van der Waals surface area (Å²) < 4.78 is 12.8. The van der Waals surface area contributed by atoms with Crippen LogP contribution < -0.4 is 0 Å². The lowest BCUT2D eigenvalue weighted by Gasteiger charge is -2.35. The van der Waals surface area contributed by atoms with Gasteiger partial charge in [-0.3, -0.25) is 9.59 Å². The largest absolute Gasteiger partial charge is 0.331 e. The van der Waals surface area contributed by atoms with Crippen LogP contribution >= 0.6 is 0 Å². The molecule has 0 unspecified atom stereocenters. The molecule has 0 bridgehead atoms. The molecule has 0 spiro atoms. The Morgan fingerprint density at radius 2 is 1.89 bits per heavy atom. The van der Waals surface area contributed by atoms with Crippen LogP contribution in [0.25, 0.3) is 0 Å². The van der Waals surface area contributed by atoms with Crippen molar-refractivity contribution in [2.75, 3.05) is 13.1 Å². The summed E-state index contributed by atoms with van der Waals surface area (Å²) in [5.74, 6) is -0.509. The van der Waals surface area contributed by atoms with Crippen molar-refractivity contribution in [1.82, 2.24) is 4.90 Å². The molecule has 1 aromatic carbocycles. The van der Waals surface area contributed by atoms with Gasteiger partial charge in [0.25, 0.3) is 5.91 Å². The molecule has 1 saturated heterocycles. The van der Waals surface area contributed by atoms with Crippen LogP contribution in [0.1, 0.15) is 30.6 Å². The van der Waals surface area contributed by atoms with E-state index in [1.165, 1.54) is 29.2 Å². The highest BCUT2D eigenvalue weighted by atomic mass is 19.1. The van der Waals surface area contributed by atoms with Crippen molar-refractivity contribution < 1.29 is 14.0 Å². The number of amides is 1. The van der Waals surface area contributed by atoms with Crippen molar-refractivity contribution in [1.29, 1.82) is 0 Å². The van der Waals surface area contributed by atoms with E-state index in [1.807, 2.05) is 13.8 Å². The van der Waals surface area contributed by atoms with Crippen LogP contribution in [-0.2, 0) is 4.79 Å². The lowest BCUT2D eigenvalue weighted by molar-refractivity contribution is -0.130. The minimum atomic E-state index is -0.373. The van der Waals surface area contributed by atoms with Gasteiger partial charge in [-0.2, -0.15) is 0 Å². The topological polar surface area (TPSA) is 37.4 Å². The van der Waals surface area contributed by atoms with E-state index in [0.717, 1.165) is 0 Å². The van der Waals surface area contributed by atoms with Gasteiger partial charge in [0.2, 0.25) is 0 Å². The number of likely N-dealkylation sites (tertiary alicyclic amines) is 1. The number of piperidine rings is 1. The van der Waals surface area contributed by atoms with E-state index in [2.05, 4.69) is 0 Å². The highest BCUT2D eigenvalue weighted by molar-refractivity contribution is 5.98. The zero-order valence-corrected chi connectivity index (χ0v) is 10.6. The van der Waals surface area contributed by atoms with Gasteiger partial charge in [-0.15, -0.1) is 0 Å². The first kappa shape index (κ1) is 12.7. The number of halogens is 1. The summed E-state index contributed by atoms with van der Waals surface area (Å²) in [6.45, 7) is 4.50. The van der Waals surface area contributed by atoms with Gasteiger partial charge in [0, 0.05) is 17.5 Å². The average Bonchev–Trinajstić information content (AvgIpc) is 2.33. The molecule has 18 heavy (non-hydrogen) atoms. The molecule has 1 amide bonds. The van der Waals surface area contributed by atoms with Crippen molar-refractivity contribution in [2.45, 2.75) is 20.3 Å². The van der Waals surface area contributed by atoms with Crippen LogP contribution in [0.2, 0.25) is 0 Å². The quantitative estimate of drug-likeness (QED) is 0.765. The Labute approximate surface area is 106 Å². The van der Waals surface area contributed by atoms with Crippen LogP contribution in [0.4, 0.5) is 4.39 Å². The molecular weight excluding hydrogens is 233 g/mol. The lowest BCUT2D eigenvalue weighted by Crippen LogP contribution is -2.47. The van der Waals surface area contributed by atoms with Gasteiger partial charge in [-0.1, -0.05) is 13.8 Å². The number of carbonyl (C=O) groups is 2. The summed E-state index contributed by atoms with van der Waals surface area (Å²) in [4.78, 5) is 25.5. The summed E-state index contributed by atoms with van der Waals surface area (Å²) >= 11 is 0. The van der Waals surface area contributed by atoms with Crippen molar-refractivity contribution in [2.24, 2.45) is 5.41 Å². The van der Waals surface area contributed by atoms with Gasteiger partial charge in [-0.05, 0) is 30.7 Å². The molecule has 0 radical (unpaired) electrons. The summed E-state index contributed by atoms with van der Waals surface area (Å²) in [7, 11) is 0. The maximum Gasteiger partial charge on any atom is 0.254 e. The number of Topliss-reactive ketones (excluding diaryl/α,β-unsaturated/α-hetero) is 1. The molecule has 1 fully saturated rings. The molecule has 1 heterocycles. The number of hydrogen-bond acceptors (Lipinski definition) is 2. The van der Waals surface area contributed by atoms with Crippen molar-refractivity contribution in [3.05, 3.63) is 35.6 Å². The second-order valence-corrected chi connectivity index (χ2v) is 5.29. The molecule has 0 aliphatic carbocycles. The third-order valence-corrected chi connectivity index (χ3v) is 3.47. The van der Waals surface area contributed by atoms with E-state index < -0.39 is 0 Å². The third-order valence-electron chi connectivity index (χ3n) is 3.47. The molecular formula is C14H16FNO2. The number of benzene rings is 1. The van der Waals surface area contributed by atoms with Gasteiger partial charge in [0.1, 0.15) is 5.82 Å². The molecule has 1 aromatic rings. The molecule has 3 nitrogen and oxygen atoms in total. The fourth-order valence-corrected chi connectivity index (χ4v) is 1.97. The third kappa shape index (κ3) is 2.42. The molecule has 1 aliphatic rings. The summed E-state index contributed by atoms with van der Waals surface area (Å²) in [6, 6.07) is 5.40. The van der Waals surface area contributed by atoms with Crippen molar-refractivity contribution in [3.63, 3.8) is 0 Å². The van der Waals surface area contributed by atoms with Gasteiger partial charge in [0.05, 0.1) is 6.54 Å². The van der Waals surface area contributed by atoms with Crippen molar-refractivity contribution >= 4 is 11.7 Å². The summed E-state index contributed by atoms with van der Waals surface area (Å²) in [6.07, 6.45) is 0.665. The minimum Gasteiger partial charge on any atom is -0.331 e. The smallest absolute Gasteiger partial charge is 0.254 e. The fourth-order valence-electron chi connectivity index (χ4n) is 1.97. The molecule has 4 heteroatoms. The Bertz CT molecular complexity index is 479. The number of hydrogen-bond donors (Lipinski definition) is 0. The molecule has 0 saturated carbocycles. The second-order valence-electron chi connectivity index (χ2n) is 5.29. The zero-order chi connectivity index (χ0) is 13.3. The molecule has 1 aliphatic heterocycles. The van der Waals surface area contributed by atoms with E-state index in [4.69, 9.17) is 0 Å². The molecule has 0 N–H and O–H groups in total. The van der Waals surface area contributed by atoms with E-state index in [-0.39, 0.29) is 29.5 Å². The second kappa shape index (κ2) is 4.52.